The summed E-state index contributed by atoms with van der Waals surface area (Å²) in [4.78, 5) is 48.7. The van der Waals surface area contributed by atoms with Gasteiger partial charge < -0.3 is 25.3 Å². The van der Waals surface area contributed by atoms with Crippen molar-refractivity contribution in [1.29, 1.82) is 21.0 Å². The van der Waals surface area contributed by atoms with Crippen LogP contribution in [0.2, 0.25) is 0 Å². The van der Waals surface area contributed by atoms with Gasteiger partial charge in [0.25, 0.3) is 0 Å². The first-order chi connectivity index (χ1) is 37.6. The highest BCUT2D eigenvalue weighted by Gasteiger charge is 2.24. The molecule has 13 nitrogen and oxygen atoms in total. The normalized spacial score (nSPS) is 12.2. The second-order valence-corrected chi connectivity index (χ2v) is 18.0. The van der Waals surface area contributed by atoms with Crippen LogP contribution in [0.25, 0.3) is 47.6 Å². The van der Waals surface area contributed by atoms with Gasteiger partial charge in [-0.25, -0.2) is 19.2 Å². The zero-order valence-electron chi connectivity index (χ0n) is 41.5. The van der Waals surface area contributed by atoms with Crippen LogP contribution in [0, 0.1) is 52.2 Å². The molecular weight excluding hydrogens is 979 g/mol. The minimum Gasteiger partial charge on any atom is -0.477 e. The predicted molar refractivity (Wildman–Crippen MR) is 298 cm³/mol. The maximum Gasteiger partial charge on any atom is 0.346 e. The summed E-state index contributed by atoms with van der Waals surface area (Å²) in [6.45, 7) is 2.03. The van der Waals surface area contributed by atoms with Gasteiger partial charge in [0, 0.05) is 17.1 Å². The lowest BCUT2D eigenvalue weighted by Crippen LogP contribution is -2.12. The molecule has 0 saturated carbocycles. The van der Waals surface area contributed by atoms with E-state index in [0.29, 0.717) is 35.1 Å². The minimum atomic E-state index is -1.34. The van der Waals surface area contributed by atoms with Gasteiger partial charge in [-0.1, -0.05) is 127 Å². The SMILES string of the molecule is Cc1ccc(N2c3ccc(C=C(c4ccc(/C=C(\C#N)C(=O)O)cc4)c4ccc(/C=C(\C#N)C(=O)O)cc4)cc3CCc3cc(C=C(c4ccc(/C=C(\C#N)C(=O)O)cc4)c4ccc(/C=C(\C#N)C(=O)O)cc4)ccc32)cc1. The van der Waals surface area contributed by atoms with Crippen LogP contribution in [0.4, 0.5) is 17.1 Å². The molecule has 0 radical (unpaired) electrons. The highest BCUT2D eigenvalue weighted by molar-refractivity contribution is 6.00. The monoisotopic (exact) mass is 1020 g/mol. The van der Waals surface area contributed by atoms with E-state index < -0.39 is 46.2 Å². The molecule has 13 heteroatoms. The van der Waals surface area contributed by atoms with Crippen molar-refractivity contribution in [2.24, 2.45) is 0 Å². The molecule has 0 amide bonds. The second-order valence-electron chi connectivity index (χ2n) is 18.0. The summed E-state index contributed by atoms with van der Waals surface area (Å²) in [5.41, 5.74) is 12.9. The number of benzene rings is 7. The molecule has 4 N–H and O–H groups in total. The number of carboxylic acids is 4. The molecule has 7 aromatic rings. The fourth-order valence-corrected chi connectivity index (χ4v) is 8.87. The summed E-state index contributed by atoms with van der Waals surface area (Å²) in [6.07, 6.45) is 10.5. The number of aryl methyl sites for hydroxylation is 3. The summed E-state index contributed by atoms with van der Waals surface area (Å²) in [5, 5.41) is 75.4. The van der Waals surface area contributed by atoms with Crippen molar-refractivity contribution < 1.29 is 39.6 Å². The topological polar surface area (TPSA) is 248 Å². The van der Waals surface area contributed by atoms with E-state index in [1.54, 1.807) is 72.8 Å². The molecule has 1 aliphatic rings. The van der Waals surface area contributed by atoms with E-state index in [2.05, 4.69) is 53.4 Å². The largest absolute Gasteiger partial charge is 0.477 e. The fourth-order valence-electron chi connectivity index (χ4n) is 8.87. The number of fused-ring (bicyclic) bond motifs is 2. The molecule has 1 aliphatic heterocycles. The molecule has 0 aromatic heterocycles. The van der Waals surface area contributed by atoms with Crippen molar-refractivity contribution in [3.05, 3.63) is 252 Å². The number of hydrogen-bond donors (Lipinski definition) is 4. The van der Waals surface area contributed by atoms with Crippen LogP contribution in [0.15, 0.2) is 180 Å². The number of nitriles is 4. The number of anilines is 3. The first kappa shape index (κ1) is 52.9. The van der Waals surface area contributed by atoms with Gasteiger partial charge in [-0.2, -0.15) is 21.0 Å². The highest BCUT2D eigenvalue weighted by atomic mass is 16.4. The molecule has 78 heavy (non-hydrogen) atoms. The zero-order chi connectivity index (χ0) is 55.5. The van der Waals surface area contributed by atoms with Gasteiger partial charge in [0.15, 0.2) is 0 Å². The Hall–Kier alpha value is -11.4. The Bertz CT molecular complexity index is 3520. The van der Waals surface area contributed by atoms with E-state index in [-0.39, 0.29) is 0 Å². The van der Waals surface area contributed by atoms with Gasteiger partial charge in [-0.05, 0) is 171 Å². The lowest BCUT2D eigenvalue weighted by atomic mass is 9.92. The summed E-state index contributed by atoms with van der Waals surface area (Å²) >= 11 is 0. The summed E-state index contributed by atoms with van der Waals surface area (Å²) < 4.78 is 0. The van der Waals surface area contributed by atoms with Gasteiger partial charge in [-0.15, -0.1) is 0 Å². The van der Waals surface area contributed by atoms with E-state index >= 15 is 0 Å². The number of nitrogens with zero attached hydrogens (tertiary/aromatic N) is 5. The van der Waals surface area contributed by atoms with Crippen molar-refractivity contribution >= 4 is 88.5 Å². The van der Waals surface area contributed by atoms with E-state index in [1.165, 1.54) is 24.3 Å². The molecule has 0 atom stereocenters. The van der Waals surface area contributed by atoms with Gasteiger partial charge in [0.2, 0.25) is 0 Å². The van der Waals surface area contributed by atoms with E-state index in [0.717, 1.165) is 78.3 Å². The lowest BCUT2D eigenvalue weighted by Gasteiger charge is -2.28. The van der Waals surface area contributed by atoms with Gasteiger partial charge in [0.1, 0.15) is 46.6 Å². The molecule has 7 aromatic carbocycles. The fraction of sp³-hybridized carbons (Fsp3) is 0.0462. The van der Waals surface area contributed by atoms with Crippen molar-refractivity contribution in [3.8, 4) is 24.3 Å². The Morgan fingerprint density at radius 3 is 0.910 bits per heavy atom. The van der Waals surface area contributed by atoms with Crippen molar-refractivity contribution in [2.45, 2.75) is 19.8 Å². The smallest absolute Gasteiger partial charge is 0.346 e. The zero-order valence-corrected chi connectivity index (χ0v) is 41.5. The molecule has 0 bridgehead atoms. The van der Waals surface area contributed by atoms with E-state index in [4.69, 9.17) is 0 Å². The number of rotatable bonds is 15. The van der Waals surface area contributed by atoms with Crippen molar-refractivity contribution in [2.75, 3.05) is 4.90 Å². The summed E-state index contributed by atoms with van der Waals surface area (Å²) in [5.74, 6) is -5.35. The van der Waals surface area contributed by atoms with Gasteiger partial charge in [0.05, 0.1) is 0 Å². The first-order valence-corrected chi connectivity index (χ1v) is 24.0. The molecule has 0 spiro atoms. The quantitative estimate of drug-likeness (QED) is 0.0424. The summed E-state index contributed by atoms with van der Waals surface area (Å²) in [6, 6.07) is 56.1. The van der Waals surface area contributed by atoms with Crippen molar-refractivity contribution in [1.82, 2.24) is 0 Å². The second kappa shape index (κ2) is 23.7. The molecular formula is C65H43N5O8. The molecule has 0 aliphatic carbocycles. The Morgan fingerprint density at radius 1 is 0.385 bits per heavy atom. The third kappa shape index (κ3) is 12.3. The third-order valence-electron chi connectivity index (χ3n) is 12.8. The Balaban J connectivity index is 1.22. The average Bonchev–Trinajstić information content (AvgIpc) is 3.68. The molecule has 8 rings (SSSR count). The predicted octanol–water partition coefficient (Wildman–Crippen LogP) is 12.7. The Morgan fingerprint density at radius 2 is 0.654 bits per heavy atom. The van der Waals surface area contributed by atoms with E-state index in [9.17, 15) is 60.7 Å². The van der Waals surface area contributed by atoms with Gasteiger partial charge in [-0.3, -0.25) is 0 Å². The maximum absolute atomic E-state index is 11.6. The molecule has 376 valence electrons. The molecule has 0 saturated heterocycles. The highest BCUT2D eigenvalue weighted by Crippen LogP contribution is 2.43. The number of aliphatic carboxylic acids is 4. The van der Waals surface area contributed by atoms with E-state index in [1.807, 2.05) is 79.7 Å². The third-order valence-corrected chi connectivity index (χ3v) is 12.8. The first-order valence-electron chi connectivity index (χ1n) is 24.0. The maximum atomic E-state index is 11.6. The van der Waals surface area contributed by atoms with Crippen LogP contribution in [-0.4, -0.2) is 44.3 Å². The van der Waals surface area contributed by atoms with Gasteiger partial charge >= 0.3 is 23.9 Å². The standard InChI is InChI=1S/C65H43N5O8/c1-40-2-24-57(25-3-40)70-60-26-12-45(34-58(47-14-4-41(5-15-47)28-53(36-66)62(71)72)48-16-6-42(7-17-48)29-54(37-67)63(73)74)32-51(60)22-23-52-33-46(13-27-61(52)70)35-59(49-18-8-43(9-19-49)30-55(38-68)64(75)76)50-20-10-44(11-21-50)31-56(39-69)65(77)78/h2-21,24-35H,22-23H2,1H3,(H,71,72)(H,73,74)(H,75,76)(H,77,78)/b53-28+,54-29+,55-30+,56-31+. The molecule has 0 unspecified atom stereocenters. The number of carbonyl (C=O) groups is 4. The average molecular weight is 1020 g/mol. The number of hydrogen-bond acceptors (Lipinski definition) is 9. The van der Waals surface area contributed by atoms with Crippen molar-refractivity contribution in [3.63, 3.8) is 0 Å². The van der Waals surface area contributed by atoms with Crippen LogP contribution in [0.3, 0.4) is 0 Å². The minimum absolute atomic E-state index is 0.411. The van der Waals surface area contributed by atoms with Crippen LogP contribution in [-0.2, 0) is 32.0 Å². The Kier molecular flexibility index (Phi) is 16.1. The van der Waals surface area contributed by atoms with Crippen LogP contribution < -0.4 is 4.90 Å². The Labute approximate surface area is 448 Å². The van der Waals surface area contributed by atoms with Crippen LogP contribution in [0.5, 0.6) is 0 Å². The lowest BCUT2D eigenvalue weighted by molar-refractivity contribution is -0.133. The van der Waals surface area contributed by atoms with Crippen LogP contribution >= 0.6 is 0 Å². The summed E-state index contributed by atoms with van der Waals surface area (Å²) in [7, 11) is 0. The molecule has 0 fully saturated rings. The van der Waals surface area contributed by atoms with Crippen LogP contribution in [0.1, 0.15) is 72.3 Å². The molecule has 1 heterocycles. The number of carboxylic acid groups (broad SMARTS) is 4.